The van der Waals surface area contributed by atoms with Crippen LogP contribution in [0.15, 0.2) is 66.7 Å². The van der Waals surface area contributed by atoms with Gasteiger partial charge in [0, 0.05) is 19.6 Å². The largest absolute Gasteiger partial charge is 0.416 e. The molecule has 1 aliphatic rings. The zero-order valence-corrected chi connectivity index (χ0v) is 19.4. The van der Waals surface area contributed by atoms with E-state index >= 15 is 0 Å². The van der Waals surface area contributed by atoms with Crippen molar-refractivity contribution in [2.24, 2.45) is 5.92 Å². The minimum absolute atomic E-state index is 0.0274. The van der Waals surface area contributed by atoms with E-state index in [0.29, 0.717) is 37.3 Å². The molecule has 2 unspecified atom stereocenters. The van der Waals surface area contributed by atoms with Crippen molar-refractivity contribution in [3.63, 3.8) is 0 Å². The van der Waals surface area contributed by atoms with Gasteiger partial charge in [0.2, 0.25) is 0 Å². The lowest BCUT2D eigenvalue weighted by molar-refractivity contribution is -0.139. The molecule has 1 amide bonds. The van der Waals surface area contributed by atoms with Crippen LogP contribution in [0.5, 0.6) is 0 Å². The maximum absolute atomic E-state index is 13.3. The first kappa shape index (κ1) is 25.6. The predicted molar refractivity (Wildman–Crippen MR) is 127 cm³/mol. The van der Waals surface area contributed by atoms with E-state index in [9.17, 15) is 28.2 Å². The SMILES string of the molecule is O=C(NCC(O)c1ccccc1)c1ccc(N2CCC(C(O)c3ccccc3C(F)(F)F)CC2)nn1. The molecule has 7 nitrogen and oxygen atoms in total. The van der Waals surface area contributed by atoms with Crippen LogP contribution in [0, 0.1) is 5.92 Å². The van der Waals surface area contributed by atoms with Gasteiger partial charge in [0.05, 0.1) is 17.8 Å². The molecule has 0 spiro atoms. The van der Waals surface area contributed by atoms with Gasteiger partial charge in [-0.3, -0.25) is 4.79 Å². The maximum Gasteiger partial charge on any atom is 0.416 e. The lowest BCUT2D eigenvalue weighted by Crippen LogP contribution is -2.36. The van der Waals surface area contributed by atoms with Crippen molar-refractivity contribution in [3.8, 4) is 0 Å². The Morgan fingerprint density at radius 2 is 1.64 bits per heavy atom. The molecular weight excluding hydrogens is 473 g/mol. The normalized spacial score (nSPS) is 16.4. The summed E-state index contributed by atoms with van der Waals surface area (Å²) >= 11 is 0. The first-order valence-electron chi connectivity index (χ1n) is 11.7. The molecule has 1 aromatic heterocycles. The fraction of sp³-hybridized carbons (Fsp3) is 0.346. The Hall–Kier alpha value is -3.50. The van der Waals surface area contributed by atoms with Gasteiger partial charge in [-0.15, -0.1) is 10.2 Å². The second-order valence-corrected chi connectivity index (χ2v) is 8.77. The number of halogens is 3. The highest BCUT2D eigenvalue weighted by atomic mass is 19.4. The van der Waals surface area contributed by atoms with Crippen molar-refractivity contribution in [2.45, 2.75) is 31.2 Å². The van der Waals surface area contributed by atoms with E-state index in [0.717, 1.165) is 6.07 Å². The number of aromatic nitrogens is 2. The van der Waals surface area contributed by atoms with Crippen LogP contribution in [0.3, 0.4) is 0 Å². The summed E-state index contributed by atoms with van der Waals surface area (Å²) in [7, 11) is 0. The summed E-state index contributed by atoms with van der Waals surface area (Å²) in [6.07, 6.45) is -5.62. The summed E-state index contributed by atoms with van der Waals surface area (Å²) in [5.41, 5.74) is -0.116. The van der Waals surface area contributed by atoms with Crippen LogP contribution in [-0.2, 0) is 6.18 Å². The molecule has 36 heavy (non-hydrogen) atoms. The molecule has 0 bridgehead atoms. The Bertz CT molecular complexity index is 1150. The number of rotatable bonds is 7. The van der Waals surface area contributed by atoms with Gasteiger partial charge >= 0.3 is 6.18 Å². The number of piperidine rings is 1. The van der Waals surface area contributed by atoms with Gasteiger partial charge in [0.25, 0.3) is 5.91 Å². The Labute approximate surface area is 206 Å². The molecule has 190 valence electrons. The summed E-state index contributed by atoms with van der Waals surface area (Å²) in [6.45, 7) is 0.998. The Morgan fingerprint density at radius 1 is 0.972 bits per heavy atom. The summed E-state index contributed by atoms with van der Waals surface area (Å²) in [5, 5.41) is 31.6. The van der Waals surface area contributed by atoms with Gasteiger partial charge < -0.3 is 20.4 Å². The molecule has 3 N–H and O–H groups in total. The third kappa shape index (κ3) is 6.00. The molecule has 3 aromatic rings. The number of hydrogen-bond acceptors (Lipinski definition) is 6. The molecule has 2 aromatic carbocycles. The highest BCUT2D eigenvalue weighted by molar-refractivity contribution is 5.92. The van der Waals surface area contributed by atoms with Gasteiger partial charge in [-0.2, -0.15) is 13.2 Å². The molecule has 2 heterocycles. The lowest BCUT2D eigenvalue weighted by atomic mass is 9.85. The maximum atomic E-state index is 13.3. The summed E-state index contributed by atoms with van der Waals surface area (Å²) in [5.74, 6) is -0.243. The lowest BCUT2D eigenvalue weighted by Gasteiger charge is -2.35. The number of amides is 1. The van der Waals surface area contributed by atoms with E-state index in [4.69, 9.17) is 0 Å². The first-order valence-corrected chi connectivity index (χ1v) is 11.7. The van der Waals surface area contributed by atoms with Crippen molar-refractivity contribution >= 4 is 11.7 Å². The summed E-state index contributed by atoms with van der Waals surface area (Å²) < 4.78 is 40.0. The van der Waals surface area contributed by atoms with E-state index in [1.54, 1.807) is 30.3 Å². The van der Waals surface area contributed by atoms with Crippen LogP contribution in [0.1, 0.15) is 52.2 Å². The minimum atomic E-state index is -4.53. The average molecular weight is 501 g/mol. The number of anilines is 1. The molecule has 2 atom stereocenters. The topological polar surface area (TPSA) is 98.6 Å². The number of alkyl halides is 3. The number of carbonyl (C=O) groups is 1. The van der Waals surface area contributed by atoms with Gasteiger partial charge in [-0.25, -0.2) is 0 Å². The van der Waals surface area contributed by atoms with Crippen molar-refractivity contribution in [1.29, 1.82) is 0 Å². The van der Waals surface area contributed by atoms with E-state index in [2.05, 4.69) is 15.5 Å². The van der Waals surface area contributed by atoms with E-state index in [1.165, 1.54) is 24.3 Å². The van der Waals surface area contributed by atoms with Gasteiger partial charge in [-0.05, 0) is 48.1 Å². The summed E-state index contributed by atoms with van der Waals surface area (Å²) in [6, 6.07) is 17.3. The highest BCUT2D eigenvalue weighted by Crippen LogP contribution is 2.39. The van der Waals surface area contributed by atoms with Crippen LogP contribution in [0.2, 0.25) is 0 Å². The Kier molecular flexibility index (Phi) is 7.85. The number of hydrogen-bond donors (Lipinski definition) is 3. The second kappa shape index (κ2) is 11.0. The molecule has 4 rings (SSSR count). The molecule has 0 saturated carbocycles. The van der Waals surface area contributed by atoms with Gasteiger partial charge in [0.15, 0.2) is 11.5 Å². The van der Waals surface area contributed by atoms with E-state index in [1.807, 2.05) is 11.0 Å². The van der Waals surface area contributed by atoms with Crippen molar-refractivity contribution in [1.82, 2.24) is 15.5 Å². The fourth-order valence-electron chi connectivity index (χ4n) is 4.40. The second-order valence-electron chi connectivity index (χ2n) is 8.77. The zero-order valence-electron chi connectivity index (χ0n) is 19.4. The quantitative estimate of drug-likeness (QED) is 0.455. The molecular formula is C26H27F3N4O3. The third-order valence-electron chi connectivity index (χ3n) is 6.42. The molecule has 10 heteroatoms. The zero-order chi connectivity index (χ0) is 25.7. The minimum Gasteiger partial charge on any atom is -0.388 e. The molecule has 1 aliphatic heterocycles. The van der Waals surface area contributed by atoms with Crippen molar-refractivity contribution < 1.29 is 28.2 Å². The van der Waals surface area contributed by atoms with Crippen LogP contribution in [0.25, 0.3) is 0 Å². The predicted octanol–water partition coefficient (Wildman–Crippen LogP) is 3.91. The van der Waals surface area contributed by atoms with Crippen LogP contribution < -0.4 is 10.2 Å². The number of benzene rings is 2. The highest BCUT2D eigenvalue weighted by Gasteiger charge is 2.37. The molecule has 0 aliphatic carbocycles. The fourth-order valence-corrected chi connectivity index (χ4v) is 4.40. The number of aliphatic hydroxyl groups excluding tert-OH is 2. The van der Waals surface area contributed by atoms with Crippen LogP contribution in [-0.4, -0.2) is 46.0 Å². The number of nitrogens with one attached hydrogen (secondary N) is 1. The van der Waals surface area contributed by atoms with Crippen molar-refractivity contribution in [3.05, 3.63) is 89.1 Å². The molecule has 1 saturated heterocycles. The van der Waals surface area contributed by atoms with Crippen molar-refractivity contribution in [2.75, 3.05) is 24.5 Å². The monoisotopic (exact) mass is 500 g/mol. The van der Waals surface area contributed by atoms with E-state index in [-0.39, 0.29) is 23.7 Å². The van der Waals surface area contributed by atoms with Gasteiger partial charge in [-0.1, -0.05) is 48.5 Å². The smallest absolute Gasteiger partial charge is 0.388 e. The first-order chi connectivity index (χ1) is 17.2. The standard InChI is InChI=1S/C26H27F3N4O3/c27-26(28,29)20-9-5-4-8-19(20)24(35)18-12-14-33(15-13-18)23-11-10-21(31-32-23)25(36)30-16-22(34)17-6-2-1-3-7-17/h1-11,18,22,24,34-35H,12-16H2,(H,30,36). The number of carbonyl (C=O) groups excluding carboxylic acids is 1. The number of nitrogens with zero attached hydrogens (tertiary/aromatic N) is 3. The van der Waals surface area contributed by atoms with E-state index < -0.39 is 29.9 Å². The third-order valence-corrected chi connectivity index (χ3v) is 6.42. The molecule has 0 radical (unpaired) electrons. The number of aliphatic hydroxyl groups is 2. The Balaban J connectivity index is 1.31. The summed E-state index contributed by atoms with van der Waals surface area (Å²) in [4.78, 5) is 14.3. The Morgan fingerprint density at radius 3 is 2.28 bits per heavy atom. The average Bonchev–Trinajstić information content (AvgIpc) is 2.91. The van der Waals surface area contributed by atoms with Gasteiger partial charge in [0.1, 0.15) is 0 Å². The van der Waals surface area contributed by atoms with Crippen LogP contribution in [0.4, 0.5) is 19.0 Å². The molecule has 1 fully saturated rings. The van der Waals surface area contributed by atoms with Crippen LogP contribution >= 0.6 is 0 Å².